The summed E-state index contributed by atoms with van der Waals surface area (Å²) in [6.45, 7) is 22.4. The average Bonchev–Trinajstić information content (AvgIpc) is 3.68. The molecule has 4 aromatic heterocycles. The molecule has 55 heavy (non-hydrogen) atoms. The number of rotatable bonds is 5. The third-order valence-electron chi connectivity index (χ3n) is 10.3. The SMILES string of the molecule is Cc1cccc2c1n(-c1[c-]c(Oc3[c-]c4c(cc3)c3ccccc3n4-c3cc(C(C)(C)C)ccn3)cnc1)[c-][n+]2-c1cc(C(C)(C)C)cc(C(C)(C)C)c1.[Pt]. The van der Waals surface area contributed by atoms with Crippen molar-refractivity contribution in [2.45, 2.75) is 85.5 Å². The smallest absolute Gasteiger partial charge is 0.268 e. The van der Waals surface area contributed by atoms with Gasteiger partial charge >= 0.3 is 0 Å². The standard InChI is InChI=1S/C48H47N5O.Pt/c1-31-14-13-17-42-45(31)52(30-51(42)35-23-33(47(5,6)7)22-34(24-35)48(8,9)10)36-26-38(29-49-28-36)54-37-18-19-40-39-15-11-12-16-41(39)53(43(40)27-37)44-25-32(20-21-50-44)46(2,3)4;/h11-25,28-29H,1-10H3;/q-2;. The predicted octanol–water partition coefficient (Wildman–Crippen LogP) is 11.2. The van der Waals surface area contributed by atoms with E-state index in [1.165, 1.54) is 16.7 Å². The molecule has 4 heterocycles. The van der Waals surface area contributed by atoms with Gasteiger partial charge in [0.25, 0.3) is 6.33 Å². The Labute approximate surface area is 339 Å². The van der Waals surface area contributed by atoms with Gasteiger partial charge < -0.3 is 18.9 Å². The Bertz CT molecular complexity index is 2690. The molecule has 0 atom stereocenters. The summed E-state index contributed by atoms with van der Waals surface area (Å²) in [7, 11) is 0. The first-order chi connectivity index (χ1) is 25.6. The minimum Gasteiger partial charge on any atom is -0.508 e. The molecular weight excluding hydrogens is 858 g/mol. The topological polar surface area (TPSA) is 48.8 Å². The number of aryl methyl sites for hydroxylation is 1. The van der Waals surface area contributed by atoms with Gasteiger partial charge in [0, 0.05) is 44.3 Å². The first-order valence-electron chi connectivity index (χ1n) is 18.7. The maximum absolute atomic E-state index is 6.51. The van der Waals surface area contributed by atoms with E-state index in [1.807, 2.05) is 23.0 Å². The summed E-state index contributed by atoms with van der Waals surface area (Å²) in [5, 5.41) is 2.21. The molecule has 0 aliphatic heterocycles. The Morgan fingerprint density at radius 1 is 0.673 bits per heavy atom. The van der Waals surface area contributed by atoms with E-state index in [0.717, 1.165) is 55.6 Å². The molecule has 282 valence electrons. The maximum Gasteiger partial charge on any atom is 0.268 e. The number of ether oxygens (including phenoxy) is 1. The van der Waals surface area contributed by atoms with Crippen molar-refractivity contribution in [1.29, 1.82) is 0 Å². The zero-order valence-electron chi connectivity index (χ0n) is 33.3. The van der Waals surface area contributed by atoms with E-state index in [0.29, 0.717) is 11.5 Å². The van der Waals surface area contributed by atoms with Crippen molar-refractivity contribution in [3.63, 3.8) is 0 Å². The van der Waals surface area contributed by atoms with Crippen LogP contribution in [0.5, 0.6) is 11.5 Å². The molecular formula is C48H47N5OPt-2. The number of benzene rings is 4. The molecule has 0 aliphatic carbocycles. The molecule has 0 spiro atoms. The summed E-state index contributed by atoms with van der Waals surface area (Å²) in [6.07, 6.45) is 9.07. The molecule has 0 amide bonds. The van der Waals surface area contributed by atoms with Crippen LogP contribution in [0.25, 0.3) is 50.0 Å². The third-order valence-corrected chi connectivity index (χ3v) is 10.3. The Morgan fingerprint density at radius 2 is 1.38 bits per heavy atom. The van der Waals surface area contributed by atoms with E-state index in [2.05, 4.69) is 181 Å². The van der Waals surface area contributed by atoms with Crippen LogP contribution in [0.2, 0.25) is 0 Å². The molecule has 0 bridgehead atoms. The maximum atomic E-state index is 6.51. The molecule has 0 fully saturated rings. The van der Waals surface area contributed by atoms with Gasteiger partial charge in [-0.15, -0.1) is 23.6 Å². The number of aromatic nitrogens is 5. The van der Waals surface area contributed by atoms with Crippen LogP contribution in [0.15, 0.2) is 104 Å². The Balaban J connectivity index is 0.00000465. The van der Waals surface area contributed by atoms with Gasteiger partial charge in [0.2, 0.25) is 0 Å². The third kappa shape index (κ3) is 7.13. The van der Waals surface area contributed by atoms with Crippen molar-refractivity contribution in [2.75, 3.05) is 0 Å². The van der Waals surface area contributed by atoms with Gasteiger partial charge in [-0.05, 0) is 93.0 Å². The summed E-state index contributed by atoms with van der Waals surface area (Å²) in [5.74, 6) is 1.90. The second-order valence-electron chi connectivity index (χ2n) is 17.5. The first kappa shape index (κ1) is 38.2. The van der Waals surface area contributed by atoms with Crippen LogP contribution in [-0.4, -0.2) is 19.1 Å². The second-order valence-corrected chi connectivity index (χ2v) is 17.5. The number of fused-ring (bicyclic) bond motifs is 4. The van der Waals surface area contributed by atoms with Crippen LogP contribution >= 0.6 is 0 Å². The van der Waals surface area contributed by atoms with Crippen molar-refractivity contribution in [1.82, 2.24) is 19.1 Å². The minimum atomic E-state index is -0.0194. The fourth-order valence-electron chi connectivity index (χ4n) is 7.13. The van der Waals surface area contributed by atoms with Crippen LogP contribution < -0.4 is 9.30 Å². The molecule has 0 saturated heterocycles. The van der Waals surface area contributed by atoms with Gasteiger partial charge in [-0.3, -0.25) is 4.57 Å². The Morgan fingerprint density at radius 3 is 2.09 bits per heavy atom. The van der Waals surface area contributed by atoms with Gasteiger partial charge in [0.15, 0.2) is 0 Å². The zero-order chi connectivity index (χ0) is 38.2. The van der Waals surface area contributed by atoms with Crippen LogP contribution in [0.4, 0.5) is 0 Å². The summed E-state index contributed by atoms with van der Waals surface area (Å²) < 4.78 is 12.9. The van der Waals surface area contributed by atoms with E-state index in [1.54, 1.807) is 6.20 Å². The molecule has 0 radical (unpaired) electrons. The quantitative estimate of drug-likeness (QED) is 0.128. The second kappa shape index (κ2) is 13.9. The number of pyridine rings is 2. The average molecular weight is 905 g/mol. The van der Waals surface area contributed by atoms with E-state index in [4.69, 9.17) is 9.72 Å². The molecule has 8 rings (SSSR count). The largest absolute Gasteiger partial charge is 0.508 e. The van der Waals surface area contributed by atoms with Gasteiger partial charge in [0.1, 0.15) is 5.82 Å². The molecule has 0 N–H and O–H groups in total. The molecule has 0 saturated carbocycles. The summed E-state index contributed by atoms with van der Waals surface area (Å²) in [6, 6.07) is 37.1. The van der Waals surface area contributed by atoms with Crippen LogP contribution in [0, 0.1) is 25.4 Å². The Hall–Kier alpha value is -5.06. The monoisotopic (exact) mass is 904 g/mol. The minimum absolute atomic E-state index is 0. The fourth-order valence-corrected chi connectivity index (χ4v) is 7.13. The van der Waals surface area contributed by atoms with Gasteiger partial charge in [-0.1, -0.05) is 116 Å². The zero-order valence-corrected chi connectivity index (χ0v) is 35.5. The first-order valence-corrected chi connectivity index (χ1v) is 18.7. The van der Waals surface area contributed by atoms with Crippen molar-refractivity contribution in [3.05, 3.63) is 144 Å². The van der Waals surface area contributed by atoms with Crippen LogP contribution in [0.3, 0.4) is 0 Å². The van der Waals surface area contributed by atoms with Crippen LogP contribution in [-0.2, 0) is 37.3 Å². The molecule has 7 heteroatoms. The summed E-state index contributed by atoms with van der Waals surface area (Å²) >= 11 is 0. The molecule has 6 nitrogen and oxygen atoms in total. The normalized spacial score (nSPS) is 12.4. The van der Waals surface area contributed by atoms with Crippen LogP contribution in [0.1, 0.15) is 84.6 Å². The van der Waals surface area contributed by atoms with E-state index >= 15 is 0 Å². The van der Waals surface area contributed by atoms with Gasteiger partial charge in [0.05, 0.1) is 16.7 Å². The van der Waals surface area contributed by atoms with E-state index in [9.17, 15) is 0 Å². The van der Waals surface area contributed by atoms with E-state index < -0.39 is 0 Å². The molecule has 4 aromatic carbocycles. The van der Waals surface area contributed by atoms with Crippen molar-refractivity contribution in [3.8, 4) is 28.7 Å². The van der Waals surface area contributed by atoms with E-state index in [-0.39, 0.29) is 37.3 Å². The molecule has 8 aromatic rings. The number of para-hydroxylation sites is 2. The van der Waals surface area contributed by atoms with Gasteiger partial charge in [-0.2, -0.15) is 6.07 Å². The number of nitrogens with zero attached hydrogens (tertiary/aromatic N) is 5. The Kier molecular flexibility index (Phi) is 9.66. The van der Waals surface area contributed by atoms with Crippen molar-refractivity contribution < 1.29 is 30.4 Å². The number of hydrogen-bond donors (Lipinski definition) is 0. The number of imidazole rings is 1. The van der Waals surface area contributed by atoms with Gasteiger partial charge in [-0.25, -0.2) is 4.98 Å². The number of hydrogen-bond acceptors (Lipinski definition) is 3. The fraction of sp³-hybridized carbons (Fsp3) is 0.271. The summed E-state index contributed by atoms with van der Waals surface area (Å²) in [4.78, 5) is 9.45. The van der Waals surface area contributed by atoms with Crippen molar-refractivity contribution in [2.24, 2.45) is 0 Å². The molecule has 0 aliphatic rings. The summed E-state index contributed by atoms with van der Waals surface area (Å²) in [5.41, 5.74) is 10.7. The molecule has 0 unspecified atom stereocenters. The van der Waals surface area contributed by atoms with Crippen molar-refractivity contribution >= 4 is 32.8 Å². The predicted molar refractivity (Wildman–Crippen MR) is 219 cm³/mol.